The predicted molar refractivity (Wildman–Crippen MR) is 127 cm³/mol. The summed E-state index contributed by atoms with van der Waals surface area (Å²) in [7, 11) is 0. The van der Waals surface area contributed by atoms with E-state index in [2.05, 4.69) is 5.32 Å². The lowest BCUT2D eigenvalue weighted by Gasteiger charge is -2.03. The molecule has 1 saturated heterocycles. The van der Waals surface area contributed by atoms with Crippen LogP contribution in [0.1, 0.15) is 58.3 Å². The van der Waals surface area contributed by atoms with Gasteiger partial charge in [0.1, 0.15) is 24.2 Å². The minimum atomic E-state index is -0.963. The van der Waals surface area contributed by atoms with Gasteiger partial charge in [0.25, 0.3) is 0 Å². The van der Waals surface area contributed by atoms with Crippen LogP contribution in [-0.2, 0) is 19.2 Å². The van der Waals surface area contributed by atoms with Crippen molar-refractivity contribution in [3.63, 3.8) is 0 Å². The van der Waals surface area contributed by atoms with Gasteiger partial charge in [-0.1, -0.05) is 12.8 Å². The molecule has 0 radical (unpaired) electrons. The van der Waals surface area contributed by atoms with Crippen LogP contribution < -0.4 is 34.0 Å². The van der Waals surface area contributed by atoms with E-state index in [9.17, 15) is 19.2 Å². The lowest BCUT2D eigenvalue weighted by atomic mass is 10.1. The molecule has 1 aliphatic heterocycles. The molecule has 0 aromatic heterocycles. The van der Waals surface area contributed by atoms with Gasteiger partial charge in [0.15, 0.2) is 0 Å². The zero-order valence-corrected chi connectivity index (χ0v) is 19.9. The fourth-order valence-electron chi connectivity index (χ4n) is 2.16. The minimum Gasteiger partial charge on any atom is -0.480 e. The van der Waals surface area contributed by atoms with E-state index >= 15 is 0 Å². The van der Waals surface area contributed by atoms with Crippen LogP contribution in [0.25, 0.3) is 0 Å². The molecule has 202 valence electrons. The van der Waals surface area contributed by atoms with Crippen molar-refractivity contribution in [3.8, 4) is 0 Å². The lowest BCUT2D eigenvalue weighted by Crippen LogP contribution is -2.29. The van der Waals surface area contributed by atoms with E-state index < -0.39 is 42.0 Å². The standard InChI is InChI=1S/2C6H14N2O2.C5H9NO2.C3H7NO2/c2*7-4-2-1-3-5(8)6(9)10;7-5(8)4-2-1-3-6-4;1-2(4)3(5)6/h2*5H,1-4,7-8H2,(H,9,10);4,6H,1-3H2,(H,7,8);2H,4H2,1H3,(H,5,6)/t2*5-;4-;2-/m0000/s1. The Morgan fingerprint density at radius 3 is 1.35 bits per heavy atom. The molecule has 14 heteroatoms. The number of carboxylic acid groups (broad SMARTS) is 4. The first kappa shape index (κ1) is 36.2. The van der Waals surface area contributed by atoms with Crippen molar-refractivity contribution in [2.24, 2.45) is 28.7 Å². The third-order valence-electron chi connectivity index (χ3n) is 4.32. The topological polar surface area (TPSA) is 291 Å². The number of nitrogens with two attached hydrogens (primary N) is 5. The highest BCUT2D eigenvalue weighted by atomic mass is 16.4. The van der Waals surface area contributed by atoms with Crippen LogP contribution >= 0.6 is 0 Å². The molecule has 0 unspecified atom stereocenters. The Morgan fingerprint density at radius 2 is 1.18 bits per heavy atom. The summed E-state index contributed by atoms with van der Waals surface area (Å²) >= 11 is 0. The summed E-state index contributed by atoms with van der Waals surface area (Å²) in [6.45, 7) is 3.48. The Balaban J connectivity index is -0.000000383. The van der Waals surface area contributed by atoms with Crippen molar-refractivity contribution >= 4 is 23.9 Å². The molecule has 0 spiro atoms. The maximum Gasteiger partial charge on any atom is 0.320 e. The van der Waals surface area contributed by atoms with Gasteiger partial charge in [0, 0.05) is 0 Å². The van der Waals surface area contributed by atoms with E-state index in [0.29, 0.717) is 25.9 Å². The first-order valence-electron chi connectivity index (χ1n) is 11.1. The molecule has 1 heterocycles. The van der Waals surface area contributed by atoms with Gasteiger partial charge in [-0.3, -0.25) is 19.2 Å². The van der Waals surface area contributed by atoms with Crippen LogP contribution in [0.3, 0.4) is 0 Å². The SMILES string of the molecule is C[C@H](N)C(=O)O.NCCCC[C@H](N)C(=O)O.NCCCC[C@H](N)C(=O)O.O=C(O)[C@@H]1CCCN1. The summed E-state index contributed by atoms with van der Waals surface area (Å²) in [5.74, 6) is -3.55. The Morgan fingerprint density at radius 1 is 0.794 bits per heavy atom. The monoisotopic (exact) mass is 496 g/mol. The van der Waals surface area contributed by atoms with Gasteiger partial charge in [0.05, 0.1) is 0 Å². The molecule has 0 aromatic rings. The summed E-state index contributed by atoms with van der Waals surface area (Å²) in [5, 5.41) is 35.7. The Labute approximate surface area is 200 Å². The van der Waals surface area contributed by atoms with Gasteiger partial charge in [-0.25, -0.2) is 0 Å². The summed E-state index contributed by atoms with van der Waals surface area (Å²) in [5.41, 5.74) is 25.7. The molecule has 0 amide bonds. The van der Waals surface area contributed by atoms with Crippen molar-refractivity contribution in [1.29, 1.82) is 0 Å². The van der Waals surface area contributed by atoms with Gasteiger partial charge < -0.3 is 54.4 Å². The molecule has 1 rings (SSSR count). The maximum absolute atomic E-state index is 10.1. The molecule has 0 bridgehead atoms. The second-order valence-corrected chi connectivity index (χ2v) is 7.57. The summed E-state index contributed by atoms with van der Waals surface area (Å²) in [4.78, 5) is 40.0. The lowest BCUT2D eigenvalue weighted by molar-refractivity contribution is -0.139. The first-order chi connectivity index (χ1) is 15.8. The number of carboxylic acids is 4. The third kappa shape index (κ3) is 25.9. The number of unbranched alkanes of at least 4 members (excludes halogenated alkanes) is 2. The highest BCUT2D eigenvalue weighted by Gasteiger charge is 2.20. The molecule has 34 heavy (non-hydrogen) atoms. The highest BCUT2D eigenvalue weighted by Crippen LogP contribution is 2.03. The zero-order valence-electron chi connectivity index (χ0n) is 19.9. The molecule has 14 nitrogen and oxygen atoms in total. The number of nitrogens with one attached hydrogen (secondary N) is 1. The van der Waals surface area contributed by atoms with E-state index in [4.69, 9.17) is 49.1 Å². The highest BCUT2D eigenvalue weighted by molar-refractivity contribution is 5.74. The molecule has 15 N–H and O–H groups in total. The van der Waals surface area contributed by atoms with E-state index in [0.717, 1.165) is 45.1 Å². The third-order valence-corrected chi connectivity index (χ3v) is 4.32. The van der Waals surface area contributed by atoms with Crippen molar-refractivity contribution in [1.82, 2.24) is 5.32 Å². The first-order valence-corrected chi connectivity index (χ1v) is 11.1. The second-order valence-electron chi connectivity index (χ2n) is 7.57. The quantitative estimate of drug-likeness (QED) is 0.135. The fraction of sp³-hybridized carbons (Fsp3) is 0.800. The van der Waals surface area contributed by atoms with Crippen LogP contribution in [0.4, 0.5) is 0 Å². The van der Waals surface area contributed by atoms with Crippen LogP contribution in [0.15, 0.2) is 0 Å². The van der Waals surface area contributed by atoms with E-state index in [1.54, 1.807) is 0 Å². The molecule has 1 fully saturated rings. The Hall–Kier alpha value is -2.36. The van der Waals surface area contributed by atoms with Crippen molar-refractivity contribution in [2.45, 2.75) is 82.5 Å². The van der Waals surface area contributed by atoms with E-state index in [1.807, 2.05) is 0 Å². The molecular weight excluding hydrogens is 452 g/mol. The smallest absolute Gasteiger partial charge is 0.320 e. The molecule has 1 aliphatic rings. The Bertz CT molecular complexity index is 533. The average molecular weight is 497 g/mol. The maximum atomic E-state index is 10.1. The van der Waals surface area contributed by atoms with Crippen molar-refractivity contribution in [2.75, 3.05) is 19.6 Å². The molecule has 0 aromatic carbocycles. The normalized spacial score (nSPS) is 16.7. The zero-order chi connectivity index (χ0) is 27.1. The fourth-order valence-corrected chi connectivity index (χ4v) is 2.16. The molecule has 0 aliphatic carbocycles. The number of carbonyl (C=O) groups is 4. The second kappa shape index (κ2) is 23.8. The van der Waals surface area contributed by atoms with Crippen LogP contribution in [0.2, 0.25) is 0 Å². The van der Waals surface area contributed by atoms with Gasteiger partial charge in [-0.15, -0.1) is 0 Å². The number of rotatable bonds is 12. The van der Waals surface area contributed by atoms with E-state index in [1.165, 1.54) is 6.92 Å². The van der Waals surface area contributed by atoms with Crippen molar-refractivity contribution < 1.29 is 39.6 Å². The van der Waals surface area contributed by atoms with Crippen LogP contribution in [0.5, 0.6) is 0 Å². The largest absolute Gasteiger partial charge is 0.480 e. The van der Waals surface area contributed by atoms with Crippen molar-refractivity contribution in [3.05, 3.63) is 0 Å². The average Bonchev–Trinajstić information content (AvgIpc) is 3.30. The Kier molecular flexibility index (Phi) is 25.3. The number of hydrogen-bond donors (Lipinski definition) is 10. The summed E-state index contributed by atoms with van der Waals surface area (Å²) < 4.78 is 0. The molecule has 4 atom stereocenters. The molecule has 0 saturated carbocycles. The van der Waals surface area contributed by atoms with Gasteiger partial charge in [-0.05, 0) is 65.1 Å². The van der Waals surface area contributed by atoms with Crippen LogP contribution in [-0.4, -0.2) is 88.1 Å². The number of aliphatic carboxylic acids is 4. The number of hydrogen-bond acceptors (Lipinski definition) is 10. The van der Waals surface area contributed by atoms with E-state index in [-0.39, 0.29) is 6.04 Å². The summed E-state index contributed by atoms with van der Waals surface area (Å²) in [6, 6.07) is -2.43. The molecular formula is C20H44N6O8. The van der Waals surface area contributed by atoms with Gasteiger partial charge in [0.2, 0.25) is 0 Å². The van der Waals surface area contributed by atoms with Crippen LogP contribution in [0, 0.1) is 0 Å². The van der Waals surface area contributed by atoms with Gasteiger partial charge in [-0.2, -0.15) is 0 Å². The summed E-state index contributed by atoms with van der Waals surface area (Å²) in [6.07, 6.45) is 6.11. The minimum absolute atomic E-state index is 0.269. The van der Waals surface area contributed by atoms with Gasteiger partial charge >= 0.3 is 23.9 Å². The predicted octanol–water partition coefficient (Wildman–Crippen LogP) is -1.70.